The van der Waals surface area contributed by atoms with E-state index in [1.807, 2.05) is 41.3 Å². The van der Waals surface area contributed by atoms with E-state index >= 15 is 0 Å². The van der Waals surface area contributed by atoms with Gasteiger partial charge in [-0.15, -0.1) is 0 Å². The lowest BCUT2D eigenvalue weighted by molar-refractivity contribution is -0.134. The van der Waals surface area contributed by atoms with Crippen LogP contribution >= 0.6 is 34.8 Å². The predicted molar refractivity (Wildman–Crippen MR) is 108 cm³/mol. The number of amides is 1. The van der Waals surface area contributed by atoms with E-state index in [-0.39, 0.29) is 11.8 Å². The summed E-state index contributed by atoms with van der Waals surface area (Å²) in [6.45, 7) is 3.29. The Balaban J connectivity index is 1.87. The second-order valence-electron chi connectivity index (χ2n) is 6.69. The minimum Gasteiger partial charge on any atom is -0.340 e. The van der Waals surface area contributed by atoms with Crippen molar-refractivity contribution in [3.05, 3.63) is 68.7 Å². The molecule has 1 heterocycles. The maximum atomic E-state index is 13.3. The number of hydrogen-bond donors (Lipinski definition) is 0. The van der Waals surface area contributed by atoms with E-state index in [1.54, 1.807) is 6.07 Å². The zero-order chi connectivity index (χ0) is 18.7. The molecule has 0 saturated carbocycles. The van der Waals surface area contributed by atoms with Crippen LogP contribution in [0.25, 0.3) is 0 Å². The third kappa shape index (κ3) is 4.72. The fourth-order valence-electron chi connectivity index (χ4n) is 3.19. The van der Waals surface area contributed by atoms with Crippen molar-refractivity contribution in [2.24, 2.45) is 0 Å². The number of carbonyl (C=O) groups excluding carboxylic acids is 1. The molecule has 1 atom stereocenters. The molecule has 0 aliphatic carbocycles. The molecule has 1 amide bonds. The smallest absolute Gasteiger partial charge is 0.230 e. The predicted octanol–water partition coefficient (Wildman–Crippen LogP) is 4.75. The van der Waals surface area contributed by atoms with E-state index in [2.05, 4.69) is 11.9 Å². The molecular weight excluding hydrogens is 391 g/mol. The Morgan fingerprint density at radius 2 is 1.62 bits per heavy atom. The Bertz CT molecular complexity index is 771. The zero-order valence-electron chi connectivity index (χ0n) is 14.6. The maximum Gasteiger partial charge on any atom is 0.230 e. The molecule has 1 aliphatic rings. The first kappa shape index (κ1) is 19.5. The van der Waals surface area contributed by atoms with E-state index in [9.17, 15) is 4.79 Å². The molecule has 6 heteroatoms. The molecular formula is C20H21Cl3N2O. The van der Waals surface area contributed by atoms with Crippen LogP contribution in [0, 0.1) is 0 Å². The van der Waals surface area contributed by atoms with Crippen LogP contribution in [0.5, 0.6) is 0 Å². The largest absolute Gasteiger partial charge is 0.340 e. The number of nitrogens with zero attached hydrogens (tertiary/aromatic N) is 2. The summed E-state index contributed by atoms with van der Waals surface area (Å²) >= 11 is 18.2. The SMILES string of the molecule is CN1CCN(C(=O)C(Cc2ccc(Cl)c(Cl)c2)c2ccc(Cl)cc2)CC1. The number of likely N-dealkylation sites (N-methyl/N-ethyl adjacent to an activating group) is 1. The van der Waals surface area contributed by atoms with Gasteiger partial charge in [-0.25, -0.2) is 0 Å². The highest BCUT2D eigenvalue weighted by atomic mass is 35.5. The van der Waals surface area contributed by atoms with Crippen LogP contribution in [0.3, 0.4) is 0 Å². The summed E-state index contributed by atoms with van der Waals surface area (Å²) in [5.74, 6) is -0.126. The van der Waals surface area contributed by atoms with Gasteiger partial charge in [-0.05, 0) is 48.9 Å². The molecule has 3 rings (SSSR count). The first-order valence-electron chi connectivity index (χ1n) is 8.61. The third-order valence-corrected chi connectivity index (χ3v) is 5.80. The molecule has 0 N–H and O–H groups in total. The number of rotatable bonds is 4. The van der Waals surface area contributed by atoms with Crippen molar-refractivity contribution in [1.29, 1.82) is 0 Å². The molecule has 138 valence electrons. The van der Waals surface area contributed by atoms with Crippen molar-refractivity contribution in [3.63, 3.8) is 0 Å². The van der Waals surface area contributed by atoms with E-state index in [0.29, 0.717) is 21.5 Å². The van der Waals surface area contributed by atoms with Crippen molar-refractivity contribution in [3.8, 4) is 0 Å². The Morgan fingerprint density at radius 1 is 0.962 bits per heavy atom. The number of carbonyl (C=O) groups is 1. The molecule has 2 aromatic rings. The van der Waals surface area contributed by atoms with Crippen LogP contribution < -0.4 is 0 Å². The van der Waals surface area contributed by atoms with Crippen LogP contribution in [-0.2, 0) is 11.2 Å². The molecule has 3 nitrogen and oxygen atoms in total. The van der Waals surface area contributed by atoms with Gasteiger partial charge in [0, 0.05) is 31.2 Å². The molecule has 2 aromatic carbocycles. The minimum atomic E-state index is -0.270. The number of piperazine rings is 1. The lowest BCUT2D eigenvalue weighted by Crippen LogP contribution is -2.48. The third-order valence-electron chi connectivity index (χ3n) is 4.81. The molecule has 1 saturated heterocycles. The molecule has 1 unspecified atom stereocenters. The second kappa shape index (κ2) is 8.62. The zero-order valence-corrected chi connectivity index (χ0v) is 16.9. The van der Waals surface area contributed by atoms with E-state index < -0.39 is 0 Å². The highest BCUT2D eigenvalue weighted by Gasteiger charge is 2.28. The summed E-state index contributed by atoms with van der Waals surface area (Å²) < 4.78 is 0. The minimum absolute atomic E-state index is 0.145. The van der Waals surface area contributed by atoms with Gasteiger partial charge in [0.2, 0.25) is 5.91 Å². The average Bonchev–Trinajstić information content (AvgIpc) is 2.63. The molecule has 1 fully saturated rings. The summed E-state index contributed by atoms with van der Waals surface area (Å²) in [5, 5.41) is 1.68. The lowest BCUT2D eigenvalue weighted by Gasteiger charge is -2.35. The Kier molecular flexibility index (Phi) is 6.46. The van der Waals surface area contributed by atoms with Gasteiger partial charge in [0.25, 0.3) is 0 Å². The number of benzene rings is 2. The van der Waals surface area contributed by atoms with E-state index in [0.717, 1.165) is 37.3 Å². The molecule has 1 aliphatic heterocycles. The van der Waals surface area contributed by atoms with Crippen molar-refractivity contribution in [2.75, 3.05) is 33.2 Å². The fraction of sp³-hybridized carbons (Fsp3) is 0.350. The standard InChI is InChI=1S/C20H21Cl3N2O/c1-24-8-10-25(11-9-24)20(26)17(15-3-5-16(21)6-4-15)12-14-2-7-18(22)19(23)13-14/h2-7,13,17H,8-12H2,1H3. The summed E-state index contributed by atoms with van der Waals surface area (Å²) in [6, 6.07) is 13.1. The average molecular weight is 412 g/mol. The van der Waals surface area contributed by atoms with Gasteiger partial charge in [-0.3, -0.25) is 4.79 Å². The van der Waals surface area contributed by atoms with Gasteiger partial charge in [0.15, 0.2) is 0 Å². The van der Waals surface area contributed by atoms with Crippen LogP contribution in [-0.4, -0.2) is 48.9 Å². The highest BCUT2D eigenvalue weighted by molar-refractivity contribution is 6.42. The molecule has 0 bridgehead atoms. The van der Waals surface area contributed by atoms with Crippen LogP contribution in [0.15, 0.2) is 42.5 Å². The van der Waals surface area contributed by atoms with Crippen molar-refractivity contribution in [2.45, 2.75) is 12.3 Å². The Hall–Kier alpha value is -1.26. The Labute approximate surface area is 169 Å². The van der Waals surface area contributed by atoms with Crippen molar-refractivity contribution in [1.82, 2.24) is 9.80 Å². The summed E-state index contributed by atoms with van der Waals surface area (Å²) in [7, 11) is 2.08. The van der Waals surface area contributed by atoms with Gasteiger partial charge in [0.05, 0.1) is 16.0 Å². The molecule has 26 heavy (non-hydrogen) atoms. The van der Waals surface area contributed by atoms with E-state index in [1.165, 1.54) is 0 Å². The summed E-state index contributed by atoms with van der Waals surface area (Å²) in [5.41, 5.74) is 1.95. The quantitative estimate of drug-likeness (QED) is 0.725. The molecule has 0 radical (unpaired) electrons. The first-order valence-corrected chi connectivity index (χ1v) is 9.74. The van der Waals surface area contributed by atoms with Crippen molar-refractivity contribution >= 4 is 40.7 Å². The van der Waals surface area contributed by atoms with Gasteiger partial charge in [0.1, 0.15) is 0 Å². The summed E-state index contributed by atoms with van der Waals surface area (Å²) in [6.07, 6.45) is 0.573. The molecule has 0 spiro atoms. The van der Waals surface area contributed by atoms with Crippen LogP contribution in [0.4, 0.5) is 0 Å². The summed E-state index contributed by atoms with van der Waals surface area (Å²) in [4.78, 5) is 17.5. The van der Waals surface area contributed by atoms with Crippen molar-refractivity contribution < 1.29 is 4.79 Å². The lowest BCUT2D eigenvalue weighted by atomic mass is 9.90. The highest BCUT2D eigenvalue weighted by Crippen LogP contribution is 2.29. The Morgan fingerprint density at radius 3 is 2.23 bits per heavy atom. The van der Waals surface area contributed by atoms with Crippen LogP contribution in [0.2, 0.25) is 15.1 Å². The number of halogens is 3. The fourth-order valence-corrected chi connectivity index (χ4v) is 3.64. The van der Waals surface area contributed by atoms with Gasteiger partial charge in [-0.2, -0.15) is 0 Å². The normalized spacial score (nSPS) is 16.5. The topological polar surface area (TPSA) is 23.6 Å². The monoisotopic (exact) mass is 410 g/mol. The van der Waals surface area contributed by atoms with Gasteiger partial charge < -0.3 is 9.80 Å². The van der Waals surface area contributed by atoms with Gasteiger partial charge >= 0.3 is 0 Å². The maximum absolute atomic E-state index is 13.3. The molecule has 0 aromatic heterocycles. The van der Waals surface area contributed by atoms with Gasteiger partial charge in [-0.1, -0.05) is 53.0 Å². The number of hydrogen-bond acceptors (Lipinski definition) is 2. The van der Waals surface area contributed by atoms with Crippen LogP contribution in [0.1, 0.15) is 17.0 Å². The second-order valence-corrected chi connectivity index (χ2v) is 7.94. The first-order chi connectivity index (χ1) is 12.4. The van der Waals surface area contributed by atoms with E-state index in [4.69, 9.17) is 34.8 Å².